The first kappa shape index (κ1) is 14.0. The normalized spacial score (nSPS) is 24.9. The molecule has 0 bridgehead atoms. The fourth-order valence-electron chi connectivity index (χ4n) is 3.69. The Kier molecular flexibility index (Phi) is 3.15. The number of rotatable bonds is 2. The predicted octanol–water partition coefficient (Wildman–Crippen LogP) is 3.61. The molecule has 0 radical (unpaired) electrons. The number of alkyl halides is 1. The summed E-state index contributed by atoms with van der Waals surface area (Å²) in [5.74, 6) is 0. The molecule has 1 nitrogen and oxygen atoms in total. The van der Waals surface area contributed by atoms with Crippen LogP contribution in [0.3, 0.4) is 0 Å². The van der Waals surface area contributed by atoms with E-state index in [1.165, 1.54) is 23.8 Å². The number of hydrogen-bond donors (Lipinski definition) is 0. The molecule has 2 heterocycles. The minimum absolute atomic E-state index is 0.398. The van der Waals surface area contributed by atoms with Gasteiger partial charge in [-0.15, -0.1) is 0 Å². The van der Waals surface area contributed by atoms with E-state index in [0.29, 0.717) is 30.6 Å². The van der Waals surface area contributed by atoms with Gasteiger partial charge in [-0.3, -0.25) is 0 Å². The van der Waals surface area contributed by atoms with E-state index in [2.05, 4.69) is 56.9 Å². The van der Waals surface area contributed by atoms with Gasteiger partial charge in [-0.05, 0) is 23.0 Å². The van der Waals surface area contributed by atoms with Crippen LogP contribution >= 0.6 is 0 Å². The van der Waals surface area contributed by atoms with Gasteiger partial charge in [0.2, 0.25) is 0 Å². The maximum Gasteiger partial charge on any atom is 0.176 e. The quantitative estimate of drug-likeness (QED) is 0.744. The summed E-state index contributed by atoms with van der Waals surface area (Å²) in [5, 5.41) is 0. The summed E-state index contributed by atoms with van der Waals surface area (Å²) in [4.78, 5) is 2.11. The van der Waals surface area contributed by atoms with Crippen molar-refractivity contribution in [2.75, 3.05) is 18.0 Å². The molecule has 0 amide bonds. The van der Waals surface area contributed by atoms with Gasteiger partial charge >= 0.3 is 0 Å². The number of anilines is 1. The van der Waals surface area contributed by atoms with Gasteiger partial charge in [-0.2, -0.15) is 0 Å². The molecule has 1 aromatic rings. The van der Waals surface area contributed by atoms with Crippen LogP contribution in [0.25, 0.3) is 0 Å². The van der Waals surface area contributed by atoms with Crippen LogP contribution in [-0.4, -0.2) is 26.0 Å². The third-order valence-corrected chi connectivity index (χ3v) is 5.91. The zero-order valence-corrected chi connectivity index (χ0v) is 13.1. The van der Waals surface area contributed by atoms with Crippen LogP contribution in [0.4, 0.5) is 10.1 Å². The van der Waals surface area contributed by atoms with Crippen molar-refractivity contribution in [3.8, 4) is 0 Å². The molecule has 0 aliphatic carbocycles. The van der Waals surface area contributed by atoms with Gasteiger partial charge in [-0.1, -0.05) is 57.9 Å². The van der Waals surface area contributed by atoms with Crippen LogP contribution in [0.1, 0.15) is 27.7 Å². The molecular formula is C17H25BFN. The molecule has 2 aliphatic heterocycles. The average molecular weight is 273 g/mol. The minimum atomic E-state index is -0.633. The number of hydrogen-bond acceptors (Lipinski definition) is 1. The Morgan fingerprint density at radius 3 is 1.95 bits per heavy atom. The molecule has 0 saturated carbocycles. The van der Waals surface area contributed by atoms with E-state index in [4.69, 9.17) is 0 Å². The van der Waals surface area contributed by atoms with Crippen molar-refractivity contribution in [3.63, 3.8) is 0 Å². The Morgan fingerprint density at radius 2 is 1.50 bits per heavy atom. The zero-order chi connectivity index (χ0) is 14.5. The SMILES string of the molecule is CC1(C)CB(c2ccc(N3CC(F)C3)cc2)CC1(C)C. The first-order chi connectivity index (χ1) is 9.28. The van der Waals surface area contributed by atoms with E-state index in [9.17, 15) is 4.39 Å². The molecule has 0 unspecified atom stereocenters. The Bertz CT molecular complexity index is 472. The summed E-state index contributed by atoms with van der Waals surface area (Å²) >= 11 is 0. The fourth-order valence-corrected chi connectivity index (χ4v) is 3.69. The zero-order valence-electron chi connectivity index (χ0n) is 13.1. The third-order valence-electron chi connectivity index (χ3n) is 5.91. The van der Waals surface area contributed by atoms with Crippen molar-refractivity contribution in [2.45, 2.75) is 46.5 Å². The van der Waals surface area contributed by atoms with Crippen molar-refractivity contribution in [3.05, 3.63) is 24.3 Å². The van der Waals surface area contributed by atoms with Gasteiger partial charge in [0.1, 0.15) is 6.17 Å². The average Bonchev–Trinajstić information content (AvgIpc) is 2.55. The number of benzene rings is 1. The Balaban J connectivity index is 1.73. The van der Waals surface area contributed by atoms with Gasteiger partial charge in [0.15, 0.2) is 6.71 Å². The Morgan fingerprint density at radius 1 is 1.00 bits per heavy atom. The molecule has 2 fully saturated rings. The van der Waals surface area contributed by atoms with Crippen LogP contribution in [-0.2, 0) is 0 Å². The van der Waals surface area contributed by atoms with Crippen LogP contribution in [0, 0.1) is 10.8 Å². The van der Waals surface area contributed by atoms with E-state index in [1.54, 1.807) is 0 Å². The maximum absolute atomic E-state index is 12.9. The molecule has 20 heavy (non-hydrogen) atoms. The smallest absolute Gasteiger partial charge is 0.176 e. The number of nitrogens with zero attached hydrogens (tertiary/aromatic N) is 1. The van der Waals surface area contributed by atoms with Crippen LogP contribution in [0.15, 0.2) is 24.3 Å². The second-order valence-corrected chi connectivity index (χ2v) is 7.97. The molecule has 1 aromatic carbocycles. The van der Waals surface area contributed by atoms with Gasteiger partial charge in [0.05, 0.1) is 13.1 Å². The van der Waals surface area contributed by atoms with Crippen LogP contribution in [0.2, 0.25) is 12.6 Å². The van der Waals surface area contributed by atoms with Gasteiger partial charge in [0, 0.05) is 5.69 Å². The molecule has 108 valence electrons. The molecule has 2 aliphatic rings. The predicted molar refractivity (Wildman–Crippen MR) is 86.1 cm³/mol. The second-order valence-electron chi connectivity index (χ2n) is 7.97. The maximum atomic E-state index is 12.9. The number of halogens is 1. The summed E-state index contributed by atoms with van der Waals surface area (Å²) in [6.07, 6.45) is 1.89. The van der Waals surface area contributed by atoms with E-state index in [1.807, 2.05) is 0 Å². The summed E-state index contributed by atoms with van der Waals surface area (Å²) < 4.78 is 12.9. The lowest BCUT2D eigenvalue weighted by Crippen LogP contribution is -2.48. The van der Waals surface area contributed by atoms with Crippen molar-refractivity contribution >= 4 is 17.9 Å². The highest BCUT2D eigenvalue weighted by atomic mass is 19.1. The highest BCUT2D eigenvalue weighted by molar-refractivity contribution is 6.74. The van der Waals surface area contributed by atoms with Crippen molar-refractivity contribution < 1.29 is 4.39 Å². The Hall–Kier alpha value is -0.985. The standard InChI is InChI=1S/C17H25BFN/c1-16(2)11-18(12-17(16,3)4)13-5-7-15(8-6-13)20-9-14(19)10-20/h5-8,14H,9-12H2,1-4H3. The highest BCUT2D eigenvalue weighted by Crippen LogP contribution is 2.52. The lowest BCUT2D eigenvalue weighted by Gasteiger charge is -2.36. The monoisotopic (exact) mass is 273 g/mol. The van der Waals surface area contributed by atoms with E-state index in [-0.39, 0.29) is 0 Å². The first-order valence-electron chi connectivity index (χ1n) is 7.77. The van der Waals surface area contributed by atoms with Gasteiger partial charge in [0.25, 0.3) is 0 Å². The third kappa shape index (κ3) is 2.25. The summed E-state index contributed by atoms with van der Waals surface area (Å²) in [7, 11) is 0. The van der Waals surface area contributed by atoms with E-state index >= 15 is 0 Å². The molecule has 0 atom stereocenters. The summed E-state index contributed by atoms with van der Waals surface area (Å²) in [6, 6.07) is 8.84. The molecule has 0 N–H and O–H groups in total. The van der Waals surface area contributed by atoms with Crippen molar-refractivity contribution in [1.29, 1.82) is 0 Å². The molecule has 0 spiro atoms. The second kappa shape index (κ2) is 4.51. The molecule has 3 rings (SSSR count). The van der Waals surface area contributed by atoms with E-state index < -0.39 is 6.17 Å². The first-order valence-corrected chi connectivity index (χ1v) is 7.77. The molecule has 2 saturated heterocycles. The van der Waals surface area contributed by atoms with Gasteiger partial charge < -0.3 is 4.90 Å². The largest absolute Gasteiger partial charge is 0.366 e. The summed E-state index contributed by atoms with van der Waals surface area (Å²) in [6.45, 7) is 11.3. The highest BCUT2D eigenvalue weighted by Gasteiger charge is 2.47. The van der Waals surface area contributed by atoms with Crippen LogP contribution < -0.4 is 10.4 Å². The van der Waals surface area contributed by atoms with Crippen molar-refractivity contribution in [2.24, 2.45) is 10.8 Å². The molecule has 0 aromatic heterocycles. The lowest BCUT2D eigenvalue weighted by atomic mass is 9.42. The lowest BCUT2D eigenvalue weighted by molar-refractivity contribution is 0.177. The molecule has 3 heteroatoms. The topological polar surface area (TPSA) is 3.24 Å². The minimum Gasteiger partial charge on any atom is -0.366 e. The molecular weight excluding hydrogens is 248 g/mol. The van der Waals surface area contributed by atoms with E-state index in [0.717, 1.165) is 0 Å². The fraction of sp³-hybridized carbons (Fsp3) is 0.647. The van der Waals surface area contributed by atoms with Crippen LogP contribution in [0.5, 0.6) is 0 Å². The van der Waals surface area contributed by atoms with Crippen molar-refractivity contribution in [1.82, 2.24) is 0 Å². The summed E-state index contributed by atoms with van der Waals surface area (Å²) in [5.41, 5.74) is 3.41. The Labute approximate surface area is 122 Å². The van der Waals surface area contributed by atoms with Gasteiger partial charge in [-0.25, -0.2) is 4.39 Å².